The molecular weight excluding hydrogens is 720 g/mol. The fourth-order valence-corrected chi connectivity index (χ4v) is 6.52. The van der Waals surface area contributed by atoms with Crippen LogP contribution in [0.2, 0.25) is 0 Å². The zero-order valence-corrected chi connectivity index (χ0v) is 31.2. The number of aliphatic hydroxyl groups is 2. The number of aromatic hydroxyl groups is 4. The SMILES string of the molecule is Cc1cc(-c2cc(C)c(OCC(O)COC(=O)c3cc4cc(O)ccc4cc3O)c(C)c2)cc(C)c1OCC(O)COC(=O)c1cc2cc(O)ccc2cc1O. The van der Waals surface area contributed by atoms with Crippen molar-refractivity contribution in [2.24, 2.45) is 0 Å². The van der Waals surface area contributed by atoms with Gasteiger partial charge in [-0.3, -0.25) is 0 Å². The molecule has 2 unspecified atom stereocenters. The fourth-order valence-electron chi connectivity index (χ4n) is 6.52. The van der Waals surface area contributed by atoms with Gasteiger partial charge in [0.05, 0.1) is 0 Å². The van der Waals surface area contributed by atoms with Crippen LogP contribution in [0, 0.1) is 27.7 Å². The Labute approximate surface area is 322 Å². The first-order chi connectivity index (χ1) is 26.7. The second-order valence-corrected chi connectivity index (χ2v) is 13.8. The van der Waals surface area contributed by atoms with E-state index in [0.29, 0.717) is 33.0 Å². The molecule has 0 spiro atoms. The van der Waals surface area contributed by atoms with Crippen LogP contribution in [-0.4, -0.2) is 81.2 Å². The fraction of sp³-hybridized carbons (Fsp3) is 0.227. The van der Waals surface area contributed by atoms with Gasteiger partial charge in [-0.2, -0.15) is 0 Å². The molecule has 0 aliphatic heterocycles. The number of benzene rings is 6. The highest BCUT2D eigenvalue weighted by Gasteiger charge is 2.20. The number of hydrogen-bond acceptors (Lipinski definition) is 12. The summed E-state index contributed by atoms with van der Waals surface area (Å²) in [6, 6.07) is 22.6. The molecule has 56 heavy (non-hydrogen) atoms. The second kappa shape index (κ2) is 16.5. The number of fused-ring (bicyclic) bond motifs is 2. The number of hydrogen-bond donors (Lipinski definition) is 6. The van der Waals surface area contributed by atoms with Crippen molar-refractivity contribution in [2.75, 3.05) is 26.4 Å². The predicted octanol–water partition coefficient (Wildman–Crippen LogP) is 6.91. The van der Waals surface area contributed by atoms with Crippen molar-refractivity contribution in [3.63, 3.8) is 0 Å². The highest BCUT2D eigenvalue weighted by molar-refractivity contribution is 5.99. The van der Waals surface area contributed by atoms with E-state index in [1.165, 1.54) is 48.5 Å². The Balaban J connectivity index is 1.02. The Morgan fingerprint density at radius 1 is 0.482 bits per heavy atom. The summed E-state index contributed by atoms with van der Waals surface area (Å²) in [4.78, 5) is 25.4. The van der Waals surface area contributed by atoms with E-state index in [1.807, 2.05) is 52.0 Å². The minimum Gasteiger partial charge on any atom is -0.508 e. The molecule has 6 aromatic rings. The highest BCUT2D eigenvalue weighted by atomic mass is 16.6. The van der Waals surface area contributed by atoms with Gasteiger partial charge in [-0.15, -0.1) is 0 Å². The number of esters is 2. The number of carbonyl (C=O) groups is 2. The molecule has 6 rings (SSSR count). The number of ether oxygens (including phenoxy) is 4. The van der Waals surface area contributed by atoms with Crippen LogP contribution in [0.25, 0.3) is 32.7 Å². The lowest BCUT2D eigenvalue weighted by Gasteiger charge is -2.19. The summed E-state index contributed by atoms with van der Waals surface area (Å²) < 4.78 is 22.4. The van der Waals surface area contributed by atoms with Crippen LogP contribution in [0.1, 0.15) is 43.0 Å². The second-order valence-electron chi connectivity index (χ2n) is 13.8. The standard InChI is InChI=1S/C44H42O12/c1-23-9-29(10-24(2)41(23)53-19-35(47)21-55-43(51)37-15-31-13-33(45)7-5-27(31)17-39(37)49)30-11-25(3)42(26(4)12-30)54-20-36(48)22-56-44(52)38-16-32-14-34(46)8-6-28(32)18-40(38)50/h5-18,35-36,45-50H,19-22H2,1-4H3. The monoisotopic (exact) mass is 762 g/mol. The van der Waals surface area contributed by atoms with Gasteiger partial charge in [-0.05, 0) is 155 Å². The zero-order chi connectivity index (χ0) is 40.3. The number of phenols is 4. The number of rotatable bonds is 13. The van der Waals surface area contributed by atoms with Crippen molar-refractivity contribution in [1.82, 2.24) is 0 Å². The third-order valence-electron chi connectivity index (χ3n) is 9.22. The van der Waals surface area contributed by atoms with E-state index in [0.717, 1.165) is 33.4 Å². The van der Waals surface area contributed by atoms with Crippen molar-refractivity contribution in [2.45, 2.75) is 39.9 Å². The third kappa shape index (κ3) is 8.89. The highest BCUT2D eigenvalue weighted by Crippen LogP contribution is 2.35. The molecule has 290 valence electrons. The average Bonchev–Trinajstić information content (AvgIpc) is 3.14. The number of carbonyl (C=O) groups excluding carboxylic acids is 2. The molecule has 0 fully saturated rings. The maximum absolute atomic E-state index is 12.7. The van der Waals surface area contributed by atoms with Crippen molar-refractivity contribution in [3.8, 4) is 45.6 Å². The van der Waals surface area contributed by atoms with E-state index in [1.54, 1.807) is 12.1 Å². The molecule has 0 radical (unpaired) electrons. The van der Waals surface area contributed by atoms with Crippen molar-refractivity contribution >= 4 is 33.5 Å². The summed E-state index contributed by atoms with van der Waals surface area (Å²) in [5.41, 5.74) is 4.92. The summed E-state index contributed by atoms with van der Waals surface area (Å²) in [5, 5.41) is 63.6. The van der Waals surface area contributed by atoms with Crippen LogP contribution in [0.3, 0.4) is 0 Å². The molecule has 6 N–H and O–H groups in total. The molecule has 12 heteroatoms. The molecule has 0 aromatic heterocycles. The van der Waals surface area contributed by atoms with E-state index >= 15 is 0 Å². The summed E-state index contributed by atoms with van der Waals surface area (Å²) >= 11 is 0. The Morgan fingerprint density at radius 3 is 1.20 bits per heavy atom. The Bertz CT molecular complexity index is 2240. The lowest BCUT2D eigenvalue weighted by atomic mass is 9.96. The van der Waals surface area contributed by atoms with Crippen LogP contribution in [0.15, 0.2) is 84.9 Å². The smallest absolute Gasteiger partial charge is 0.342 e. The summed E-state index contributed by atoms with van der Waals surface area (Å²) in [5.74, 6) is -1.04. The molecule has 12 nitrogen and oxygen atoms in total. The van der Waals surface area contributed by atoms with E-state index in [2.05, 4.69) is 0 Å². The van der Waals surface area contributed by atoms with Gasteiger partial charge in [0.2, 0.25) is 0 Å². The van der Waals surface area contributed by atoms with Crippen LogP contribution in [0.5, 0.6) is 34.5 Å². The molecular formula is C44H42O12. The van der Waals surface area contributed by atoms with Crippen LogP contribution in [0.4, 0.5) is 0 Å². The lowest BCUT2D eigenvalue weighted by Crippen LogP contribution is -2.25. The molecule has 0 saturated heterocycles. The van der Waals surface area contributed by atoms with E-state index < -0.39 is 24.1 Å². The number of aliphatic hydroxyl groups excluding tert-OH is 2. The molecule has 0 aliphatic rings. The lowest BCUT2D eigenvalue weighted by molar-refractivity contribution is 0.0123. The molecule has 0 saturated carbocycles. The Kier molecular flexibility index (Phi) is 11.5. The first-order valence-electron chi connectivity index (χ1n) is 17.8. The van der Waals surface area contributed by atoms with E-state index in [4.69, 9.17) is 18.9 Å². The summed E-state index contributed by atoms with van der Waals surface area (Å²) in [6.45, 7) is 6.49. The van der Waals surface area contributed by atoms with E-state index in [9.17, 15) is 40.2 Å². The van der Waals surface area contributed by atoms with Crippen molar-refractivity contribution in [1.29, 1.82) is 0 Å². The average molecular weight is 763 g/mol. The van der Waals surface area contributed by atoms with Gasteiger partial charge in [0, 0.05) is 0 Å². The summed E-state index contributed by atoms with van der Waals surface area (Å²) in [6.07, 6.45) is -2.30. The maximum atomic E-state index is 12.7. The predicted molar refractivity (Wildman–Crippen MR) is 209 cm³/mol. The molecule has 0 amide bonds. The van der Waals surface area contributed by atoms with Crippen molar-refractivity contribution in [3.05, 3.63) is 118 Å². The largest absolute Gasteiger partial charge is 0.508 e. The zero-order valence-electron chi connectivity index (χ0n) is 31.2. The quantitative estimate of drug-likeness (QED) is 0.0668. The van der Waals surface area contributed by atoms with Crippen LogP contribution in [-0.2, 0) is 9.47 Å². The van der Waals surface area contributed by atoms with Crippen LogP contribution < -0.4 is 9.47 Å². The minimum absolute atomic E-state index is 0.0152. The normalized spacial score (nSPS) is 12.3. The van der Waals surface area contributed by atoms with Gasteiger partial charge >= 0.3 is 11.9 Å². The molecule has 6 aromatic carbocycles. The van der Waals surface area contributed by atoms with Gasteiger partial charge in [-0.25, -0.2) is 9.59 Å². The first kappa shape index (κ1) is 39.2. The van der Waals surface area contributed by atoms with Crippen LogP contribution >= 0.6 is 0 Å². The van der Waals surface area contributed by atoms with Gasteiger partial charge in [0.1, 0.15) is 84.3 Å². The number of aryl methyl sites for hydroxylation is 4. The summed E-state index contributed by atoms with van der Waals surface area (Å²) in [7, 11) is 0. The first-order valence-corrected chi connectivity index (χ1v) is 17.8. The van der Waals surface area contributed by atoms with E-state index in [-0.39, 0.29) is 60.6 Å². The molecule has 2 atom stereocenters. The number of phenolic OH excluding ortho intramolecular Hbond substituents is 4. The molecule has 0 aliphatic carbocycles. The van der Waals surface area contributed by atoms with Gasteiger partial charge in [0.25, 0.3) is 0 Å². The van der Waals surface area contributed by atoms with Crippen molar-refractivity contribution < 1.29 is 59.2 Å². The van der Waals surface area contributed by atoms with Gasteiger partial charge < -0.3 is 49.6 Å². The van der Waals surface area contributed by atoms with Gasteiger partial charge in [-0.1, -0.05) is 12.1 Å². The third-order valence-corrected chi connectivity index (χ3v) is 9.22. The Morgan fingerprint density at radius 2 is 0.839 bits per heavy atom. The molecule has 0 bridgehead atoms. The van der Waals surface area contributed by atoms with Gasteiger partial charge in [0.15, 0.2) is 0 Å². The maximum Gasteiger partial charge on any atom is 0.342 e. The minimum atomic E-state index is -1.15. The Hall–Kier alpha value is -6.50. The molecule has 0 heterocycles. The topological polar surface area (TPSA) is 192 Å².